The summed E-state index contributed by atoms with van der Waals surface area (Å²) in [6.45, 7) is 0.574. The monoisotopic (exact) mass is 333 g/mol. The molecule has 1 heterocycles. The minimum absolute atomic E-state index is 0.574. The fourth-order valence-corrected chi connectivity index (χ4v) is 3.13. The minimum atomic E-state index is 0.574. The highest BCUT2D eigenvalue weighted by Crippen LogP contribution is 2.36. The predicted octanol–water partition coefficient (Wildman–Crippen LogP) is 4.35. The number of anilines is 1. The van der Waals surface area contributed by atoms with Crippen LogP contribution in [0.15, 0.2) is 54.6 Å². The maximum absolute atomic E-state index is 5.68. The van der Waals surface area contributed by atoms with Crippen LogP contribution >= 0.6 is 0 Å². The van der Waals surface area contributed by atoms with E-state index in [0.717, 1.165) is 44.8 Å². The predicted molar refractivity (Wildman–Crippen MR) is 100 cm³/mol. The van der Waals surface area contributed by atoms with Crippen molar-refractivity contribution in [1.82, 2.24) is 9.97 Å². The maximum Gasteiger partial charge on any atom is 0.201 e. The zero-order valence-corrected chi connectivity index (χ0v) is 14.2. The average molecular weight is 333 g/mol. The quantitative estimate of drug-likeness (QED) is 0.570. The molecule has 2 N–H and O–H groups in total. The molecular formula is C20H19N3O2. The molecule has 0 saturated heterocycles. The summed E-state index contributed by atoms with van der Waals surface area (Å²) in [6.07, 6.45) is 0. The second-order valence-corrected chi connectivity index (χ2v) is 5.77. The molecule has 126 valence electrons. The number of para-hydroxylation sites is 2. The number of imidazole rings is 1. The van der Waals surface area contributed by atoms with Crippen molar-refractivity contribution in [2.45, 2.75) is 6.54 Å². The Bertz CT molecular complexity index is 1010. The van der Waals surface area contributed by atoms with Crippen molar-refractivity contribution in [3.05, 3.63) is 60.2 Å². The summed E-state index contributed by atoms with van der Waals surface area (Å²) in [6, 6.07) is 18.0. The molecule has 4 aromatic rings. The molecule has 0 radical (unpaired) electrons. The highest BCUT2D eigenvalue weighted by atomic mass is 16.5. The van der Waals surface area contributed by atoms with Gasteiger partial charge in [-0.1, -0.05) is 36.4 Å². The van der Waals surface area contributed by atoms with Crippen LogP contribution in [0.1, 0.15) is 5.56 Å². The van der Waals surface area contributed by atoms with E-state index in [1.54, 1.807) is 14.2 Å². The van der Waals surface area contributed by atoms with E-state index in [1.165, 1.54) is 0 Å². The van der Waals surface area contributed by atoms with Gasteiger partial charge in [0, 0.05) is 22.9 Å². The van der Waals surface area contributed by atoms with E-state index in [1.807, 2.05) is 54.6 Å². The summed E-state index contributed by atoms with van der Waals surface area (Å²) in [4.78, 5) is 7.82. The van der Waals surface area contributed by atoms with Crippen LogP contribution in [0, 0.1) is 0 Å². The second kappa shape index (κ2) is 6.36. The van der Waals surface area contributed by atoms with Crippen LogP contribution in [0.4, 0.5) is 5.95 Å². The van der Waals surface area contributed by atoms with Gasteiger partial charge in [0.05, 0.1) is 25.3 Å². The van der Waals surface area contributed by atoms with E-state index in [2.05, 4.69) is 15.3 Å². The Morgan fingerprint density at radius 3 is 2.48 bits per heavy atom. The van der Waals surface area contributed by atoms with Crippen molar-refractivity contribution >= 4 is 27.8 Å². The number of fused-ring (bicyclic) bond motifs is 2. The molecule has 0 aliphatic carbocycles. The second-order valence-electron chi connectivity index (χ2n) is 5.77. The average Bonchev–Trinajstić information content (AvgIpc) is 3.08. The summed E-state index contributed by atoms with van der Waals surface area (Å²) in [5.74, 6) is 2.41. The SMILES string of the molecule is COc1cc(CNc2nc3ccccc3[nH]2)c(OC)c2ccccc12. The van der Waals surface area contributed by atoms with Gasteiger partial charge in [0.2, 0.25) is 5.95 Å². The molecule has 0 amide bonds. The summed E-state index contributed by atoms with van der Waals surface area (Å²) < 4.78 is 11.2. The summed E-state index contributed by atoms with van der Waals surface area (Å²) in [7, 11) is 3.38. The molecule has 4 rings (SSSR count). The molecule has 0 saturated carbocycles. The van der Waals surface area contributed by atoms with E-state index >= 15 is 0 Å². The number of aromatic nitrogens is 2. The number of hydrogen-bond acceptors (Lipinski definition) is 4. The lowest BCUT2D eigenvalue weighted by molar-refractivity contribution is 0.406. The number of hydrogen-bond donors (Lipinski definition) is 2. The highest BCUT2D eigenvalue weighted by Gasteiger charge is 2.13. The van der Waals surface area contributed by atoms with E-state index in [4.69, 9.17) is 9.47 Å². The Hall–Kier alpha value is -3.21. The van der Waals surface area contributed by atoms with Crippen molar-refractivity contribution in [3.8, 4) is 11.5 Å². The van der Waals surface area contributed by atoms with Gasteiger partial charge in [-0.3, -0.25) is 0 Å². The first-order valence-corrected chi connectivity index (χ1v) is 8.11. The van der Waals surface area contributed by atoms with Crippen LogP contribution in [-0.4, -0.2) is 24.2 Å². The van der Waals surface area contributed by atoms with Crippen LogP contribution in [-0.2, 0) is 6.54 Å². The largest absolute Gasteiger partial charge is 0.496 e. The molecule has 0 aliphatic heterocycles. The van der Waals surface area contributed by atoms with Gasteiger partial charge in [0.15, 0.2) is 0 Å². The first kappa shape index (κ1) is 15.3. The van der Waals surface area contributed by atoms with E-state index in [9.17, 15) is 0 Å². The first-order chi connectivity index (χ1) is 12.3. The Labute approximate surface area is 145 Å². The maximum atomic E-state index is 5.68. The lowest BCUT2D eigenvalue weighted by atomic mass is 10.0. The zero-order valence-electron chi connectivity index (χ0n) is 14.2. The Morgan fingerprint density at radius 2 is 1.72 bits per heavy atom. The van der Waals surface area contributed by atoms with E-state index in [0.29, 0.717) is 6.54 Å². The highest BCUT2D eigenvalue weighted by molar-refractivity contribution is 5.94. The van der Waals surface area contributed by atoms with Crippen molar-refractivity contribution in [1.29, 1.82) is 0 Å². The molecular weight excluding hydrogens is 314 g/mol. The Morgan fingerprint density at radius 1 is 0.960 bits per heavy atom. The van der Waals surface area contributed by atoms with Gasteiger partial charge in [-0.05, 0) is 18.2 Å². The van der Waals surface area contributed by atoms with Gasteiger partial charge in [-0.2, -0.15) is 0 Å². The first-order valence-electron chi connectivity index (χ1n) is 8.11. The number of nitrogens with zero attached hydrogens (tertiary/aromatic N) is 1. The lowest BCUT2D eigenvalue weighted by Gasteiger charge is -2.15. The molecule has 0 aliphatic rings. The van der Waals surface area contributed by atoms with Crippen LogP contribution in [0.2, 0.25) is 0 Å². The van der Waals surface area contributed by atoms with Crippen molar-refractivity contribution < 1.29 is 9.47 Å². The summed E-state index contributed by atoms with van der Waals surface area (Å²) in [5.41, 5.74) is 2.96. The van der Waals surface area contributed by atoms with Gasteiger partial charge in [0.1, 0.15) is 11.5 Å². The molecule has 25 heavy (non-hydrogen) atoms. The van der Waals surface area contributed by atoms with Gasteiger partial charge in [-0.25, -0.2) is 4.98 Å². The fourth-order valence-electron chi connectivity index (χ4n) is 3.13. The number of benzene rings is 3. The molecule has 0 atom stereocenters. The number of methoxy groups -OCH3 is 2. The standard InChI is InChI=1S/C20H19N3O2/c1-24-18-11-13(19(25-2)15-8-4-3-7-14(15)18)12-21-20-22-16-9-5-6-10-17(16)23-20/h3-11H,12H2,1-2H3,(H2,21,22,23). The number of ether oxygens (including phenoxy) is 2. The normalized spacial score (nSPS) is 11.0. The lowest BCUT2D eigenvalue weighted by Crippen LogP contribution is -2.04. The van der Waals surface area contributed by atoms with Crippen LogP contribution in [0.3, 0.4) is 0 Å². The molecule has 0 spiro atoms. The Balaban J connectivity index is 1.70. The van der Waals surface area contributed by atoms with Crippen LogP contribution in [0.5, 0.6) is 11.5 Å². The molecule has 0 unspecified atom stereocenters. The van der Waals surface area contributed by atoms with E-state index in [-0.39, 0.29) is 0 Å². The molecule has 5 nitrogen and oxygen atoms in total. The van der Waals surface area contributed by atoms with Crippen molar-refractivity contribution in [2.75, 3.05) is 19.5 Å². The number of H-pyrrole nitrogens is 1. The van der Waals surface area contributed by atoms with E-state index < -0.39 is 0 Å². The summed E-state index contributed by atoms with van der Waals surface area (Å²) in [5, 5.41) is 5.41. The van der Waals surface area contributed by atoms with Gasteiger partial charge in [-0.15, -0.1) is 0 Å². The number of nitrogens with one attached hydrogen (secondary N) is 2. The minimum Gasteiger partial charge on any atom is -0.496 e. The third-order valence-corrected chi connectivity index (χ3v) is 4.29. The number of aromatic amines is 1. The third kappa shape index (κ3) is 2.74. The van der Waals surface area contributed by atoms with Gasteiger partial charge >= 0.3 is 0 Å². The van der Waals surface area contributed by atoms with Gasteiger partial charge < -0.3 is 19.8 Å². The Kier molecular flexibility index (Phi) is 3.90. The molecule has 1 aromatic heterocycles. The van der Waals surface area contributed by atoms with Crippen molar-refractivity contribution in [3.63, 3.8) is 0 Å². The zero-order chi connectivity index (χ0) is 17.2. The van der Waals surface area contributed by atoms with Crippen molar-refractivity contribution in [2.24, 2.45) is 0 Å². The fraction of sp³-hybridized carbons (Fsp3) is 0.150. The van der Waals surface area contributed by atoms with Crippen LogP contribution in [0.25, 0.3) is 21.8 Å². The number of rotatable bonds is 5. The van der Waals surface area contributed by atoms with Crippen LogP contribution < -0.4 is 14.8 Å². The third-order valence-electron chi connectivity index (χ3n) is 4.29. The molecule has 5 heteroatoms. The smallest absolute Gasteiger partial charge is 0.201 e. The molecule has 0 bridgehead atoms. The molecule has 0 fully saturated rings. The summed E-state index contributed by atoms with van der Waals surface area (Å²) >= 11 is 0. The topological polar surface area (TPSA) is 59.2 Å². The van der Waals surface area contributed by atoms with Gasteiger partial charge in [0.25, 0.3) is 0 Å². The molecule has 3 aromatic carbocycles.